The smallest absolute Gasteiger partial charge is 0.0678 e. The maximum atomic E-state index is 4.89. The Morgan fingerprint density at radius 1 is 1.10 bits per heavy atom. The highest BCUT2D eigenvalue weighted by molar-refractivity contribution is 5.45. The van der Waals surface area contributed by atoms with Gasteiger partial charge in [-0.15, -0.1) is 0 Å². The molecule has 1 heterocycles. The Labute approximate surface area is 128 Å². The molecule has 0 radical (unpaired) electrons. The molecule has 0 atom stereocenters. The molecule has 3 nitrogen and oxygen atoms in total. The highest BCUT2D eigenvalue weighted by Gasteiger charge is 2.17. The van der Waals surface area contributed by atoms with Gasteiger partial charge in [-0.25, -0.2) is 4.68 Å². The fourth-order valence-electron chi connectivity index (χ4n) is 2.88. The summed E-state index contributed by atoms with van der Waals surface area (Å²) in [5, 5.41) is 8.34. The van der Waals surface area contributed by atoms with Crippen LogP contribution in [0.2, 0.25) is 0 Å². The van der Waals surface area contributed by atoms with E-state index in [1.54, 1.807) is 0 Å². The molecule has 114 valence electrons. The summed E-state index contributed by atoms with van der Waals surface area (Å²) in [6.07, 6.45) is 1.98. The van der Waals surface area contributed by atoms with E-state index in [0.29, 0.717) is 0 Å². The third-order valence-corrected chi connectivity index (χ3v) is 3.98. The SMILES string of the molecule is CCNCc1c(CC)nn(-c2ccc(C)cc2C)c1CC. The Bertz CT molecular complexity index is 611. The molecule has 0 bridgehead atoms. The Balaban J connectivity index is 2.55. The zero-order valence-electron chi connectivity index (χ0n) is 14.0. The first kappa shape index (κ1) is 15.8. The lowest BCUT2D eigenvalue weighted by molar-refractivity contribution is 0.712. The molecule has 1 N–H and O–H groups in total. The number of rotatable bonds is 6. The number of aromatic nitrogens is 2. The Morgan fingerprint density at radius 2 is 1.86 bits per heavy atom. The van der Waals surface area contributed by atoms with Gasteiger partial charge < -0.3 is 5.32 Å². The van der Waals surface area contributed by atoms with Gasteiger partial charge in [-0.2, -0.15) is 5.10 Å². The highest BCUT2D eigenvalue weighted by atomic mass is 15.3. The summed E-state index contributed by atoms with van der Waals surface area (Å²) in [5.41, 5.74) is 7.71. The number of benzene rings is 1. The van der Waals surface area contributed by atoms with E-state index >= 15 is 0 Å². The van der Waals surface area contributed by atoms with Gasteiger partial charge in [-0.1, -0.05) is 38.5 Å². The van der Waals surface area contributed by atoms with Crippen molar-refractivity contribution < 1.29 is 0 Å². The molecular formula is C18H27N3. The molecule has 0 fully saturated rings. The molecule has 0 spiro atoms. The summed E-state index contributed by atoms with van der Waals surface area (Å²) in [5.74, 6) is 0. The van der Waals surface area contributed by atoms with Crippen molar-refractivity contribution in [3.05, 3.63) is 46.3 Å². The molecule has 0 amide bonds. The monoisotopic (exact) mass is 285 g/mol. The molecule has 21 heavy (non-hydrogen) atoms. The maximum absolute atomic E-state index is 4.89. The van der Waals surface area contributed by atoms with Crippen LogP contribution in [0.4, 0.5) is 0 Å². The van der Waals surface area contributed by atoms with E-state index in [1.807, 2.05) is 0 Å². The third-order valence-electron chi connectivity index (χ3n) is 3.98. The number of hydrogen-bond donors (Lipinski definition) is 1. The standard InChI is InChI=1S/C18H27N3/c1-6-16-15(12-19-8-3)17(7-2)21(20-16)18-10-9-13(4)11-14(18)5/h9-11,19H,6-8,12H2,1-5H3. The fourth-order valence-corrected chi connectivity index (χ4v) is 2.88. The van der Waals surface area contributed by atoms with Gasteiger partial charge in [0.1, 0.15) is 0 Å². The topological polar surface area (TPSA) is 29.9 Å². The van der Waals surface area contributed by atoms with Gasteiger partial charge in [-0.3, -0.25) is 0 Å². The minimum absolute atomic E-state index is 0.910. The fraction of sp³-hybridized carbons (Fsp3) is 0.500. The van der Waals surface area contributed by atoms with E-state index in [2.05, 4.69) is 62.8 Å². The minimum atomic E-state index is 0.910. The van der Waals surface area contributed by atoms with Gasteiger partial charge in [0, 0.05) is 17.8 Å². The van der Waals surface area contributed by atoms with Crippen molar-refractivity contribution in [2.75, 3.05) is 6.54 Å². The van der Waals surface area contributed by atoms with E-state index < -0.39 is 0 Å². The second kappa shape index (κ2) is 6.90. The van der Waals surface area contributed by atoms with Gasteiger partial charge >= 0.3 is 0 Å². The second-order valence-electron chi connectivity index (χ2n) is 5.56. The van der Waals surface area contributed by atoms with E-state index in [1.165, 1.54) is 33.8 Å². The number of nitrogens with one attached hydrogen (secondary N) is 1. The van der Waals surface area contributed by atoms with Gasteiger partial charge in [0.2, 0.25) is 0 Å². The average Bonchev–Trinajstić information content (AvgIpc) is 2.82. The van der Waals surface area contributed by atoms with Crippen LogP contribution in [0.1, 0.15) is 48.8 Å². The lowest BCUT2D eigenvalue weighted by atomic mass is 10.1. The minimum Gasteiger partial charge on any atom is -0.313 e. The second-order valence-corrected chi connectivity index (χ2v) is 5.56. The van der Waals surface area contributed by atoms with Crippen molar-refractivity contribution in [1.82, 2.24) is 15.1 Å². The normalized spacial score (nSPS) is 11.1. The zero-order chi connectivity index (χ0) is 15.4. The van der Waals surface area contributed by atoms with Crippen LogP contribution in [-0.4, -0.2) is 16.3 Å². The third kappa shape index (κ3) is 3.18. The molecule has 0 unspecified atom stereocenters. The van der Waals surface area contributed by atoms with Crippen molar-refractivity contribution in [2.45, 2.75) is 54.0 Å². The van der Waals surface area contributed by atoms with Crippen LogP contribution in [0.25, 0.3) is 5.69 Å². The van der Waals surface area contributed by atoms with Crippen LogP contribution >= 0.6 is 0 Å². The average molecular weight is 285 g/mol. The Morgan fingerprint density at radius 3 is 2.43 bits per heavy atom. The molecule has 0 aliphatic carbocycles. The van der Waals surface area contributed by atoms with Gasteiger partial charge in [0.15, 0.2) is 0 Å². The van der Waals surface area contributed by atoms with Crippen molar-refractivity contribution in [1.29, 1.82) is 0 Å². The van der Waals surface area contributed by atoms with Crippen LogP contribution in [0.5, 0.6) is 0 Å². The van der Waals surface area contributed by atoms with Crippen molar-refractivity contribution in [3.8, 4) is 5.69 Å². The molecular weight excluding hydrogens is 258 g/mol. The number of aryl methyl sites for hydroxylation is 3. The molecule has 0 saturated carbocycles. The van der Waals surface area contributed by atoms with E-state index in [9.17, 15) is 0 Å². The van der Waals surface area contributed by atoms with Crippen molar-refractivity contribution >= 4 is 0 Å². The largest absolute Gasteiger partial charge is 0.313 e. The zero-order valence-corrected chi connectivity index (χ0v) is 14.0. The molecule has 3 heteroatoms. The van der Waals surface area contributed by atoms with Crippen LogP contribution in [0, 0.1) is 13.8 Å². The molecule has 0 aliphatic rings. The highest BCUT2D eigenvalue weighted by Crippen LogP contribution is 2.23. The lowest BCUT2D eigenvalue weighted by Crippen LogP contribution is -2.14. The van der Waals surface area contributed by atoms with E-state index in [0.717, 1.165) is 25.9 Å². The van der Waals surface area contributed by atoms with Gasteiger partial charge in [0.25, 0.3) is 0 Å². The van der Waals surface area contributed by atoms with E-state index in [-0.39, 0.29) is 0 Å². The maximum Gasteiger partial charge on any atom is 0.0678 e. The molecule has 2 aromatic rings. The first-order chi connectivity index (χ1) is 10.1. The summed E-state index contributed by atoms with van der Waals surface area (Å²) in [4.78, 5) is 0. The molecule has 0 saturated heterocycles. The summed E-state index contributed by atoms with van der Waals surface area (Å²) < 4.78 is 2.15. The van der Waals surface area contributed by atoms with Gasteiger partial charge in [0.05, 0.1) is 11.4 Å². The van der Waals surface area contributed by atoms with Crippen LogP contribution in [0.15, 0.2) is 18.2 Å². The van der Waals surface area contributed by atoms with Crippen LogP contribution in [0.3, 0.4) is 0 Å². The first-order valence-electron chi connectivity index (χ1n) is 8.00. The predicted octanol–water partition coefficient (Wildman–Crippen LogP) is 3.72. The summed E-state index contributed by atoms with van der Waals surface area (Å²) in [7, 11) is 0. The molecule has 1 aromatic carbocycles. The summed E-state index contributed by atoms with van der Waals surface area (Å²) in [6.45, 7) is 12.7. The van der Waals surface area contributed by atoms with Gasteiger partial charge in [-0.05, 0) is 44.9 Å². The van der Waals surface area contributed by atoms with Crippen LogP contribution in [-0.2, 0) is 19.4 Å². The number of hydrogen-bond acceptors (Lipinski definition) is 2. The summed E-state index contributed by atoms with van der Waals surface area (Å²) in [6, 6.07) is 6.58. The quantitative estimate of drug-likeness (QED) is 0.876. The van der Waals surface area contributed by atoms with Crippen molar-refractivity contribution in [3.63, 3.8) is 0 Å². The first-order valence-corrected chi connectivity index (χ1v) is 8.00. The predicted molar refractivity (Wildman–Crippen MR) is 89.2 cm³/mol. The van der Waals surface area contributed by atoms with Crippen molar-refractivity contribution in [2.24, 2.45) is 0 Å². The molecule has 1 aromatic heterocycles. The number of nitrogens with zero attached hydrogens (tertiary/aromatic N) is 2. The summed E-state index contributed by atoms with van der Waals surface area (Å²) >= 11 is 0. The van der Waals surface area contributed by atoms with Crippen LogP contribution < -0.4 is 5.32 Å². The molecule has 0 aliphatic heterocycles. The molecule has 2 rings (SSSR count). The van der Waals surface area contributed by atoms with E-state index in [4.69, 9.17) is 5.10 Å². The Hall–Kier alpha value is -1.61. The Kier molecular flexibility index (Phi) is 5.18. The lowest BCUT2D eigenvalue weighted by Gasteiger charge is -2.11.